The van der Waals surface area contributed by atoms with Gasteiger partial charge in [0.1, 0.15) is 17.1 Å². The first kappa shape index (κ1) is 22.1. The van der Waals surface area contributed by atoms with Crippen LogP contribution in [-0.4, -0.2) is 55.4 Å². The molecule has 1 atom stereocenters. The fourth-order valence-corrected chi connectivity index (χ4v) is 2.90. The third-order valence-corrected chi connectivity index (χ3v) is 4.65. The zero-order valence-electron chi connectivity index (χ0n) is 16.6. The van der Waals surface area contributed by atoms with Crippen LogP contribution in [0.4, 0.5) is 23.5 Å². The van der Waals surface area contributed by atoms with Crippen LogP contribution >= 0.6 is 0 Å². The Balaban J connectivity index is 1.75. The molecule has 0 bridgehead atoms. The summed E-state index contributed by atoms with van der Waals surface area (Å²) in [5, 5.41) is 10.7. The summed E-state index contributed by atoms with van der Waals surface area (Å²) in [4.78, 5) is 22.9. The fourth-order valence-electron chi connectivity index (χ4n) is 2.90. The molecular formula is C19H19F4N7O. The number of carbonyl (C=O) groups is 1. The molecular weight excluding hydrogens is 418 g/mol. The summed E-state index contributed by atoms with van der Waals surface area (Å²) in [7, 11) is 1.51. The van der Waals surface area contributed by atoms with Crippen molar-refractivity contribution in [2.45, 2.75) is 25.6 Å². The highest BCUT2D eigenvalue weighted by molar-refractivity contribution is 5.98. The normalized spacial score (nSPS) is 12.5. The predicted octanol–water partition coefficient (Wildman–Crippen LogP) is 3.18. The standard InChI is InChI=1S/C19H19F4N7O/c1-3-13(11-26-18-24-9-12(10-25-18)19(21,22)23)29(2)17(31)16-14(20)5-4-6-15(16)30-27-7-8-28-30/h4-10,13H,3,11H2,1-2H3,(H,24,25,26). The number of rotatable bonds is 7. The Bertz CT molecular complexity index is 1020. The molecule has 1 unspecified atom stereocenters. The molecule has 0 aliphatic heterocycles. The predicted molar refractivity (Wildman–Crippen MR) is 103 cm³/mol. The third kappa shape index (κ3) is 4.95. The number of likely N-dealkylation sites (N-methyl/N-ethyl adjacent to an activating group) is 1. The number of amides is 1. The van der Waals surface area contributed by atoms with Crippen LogP contribution in [0.5, 0.6) is 0 Å². The largest absolute Gasteiger partial charge is 0.419 e. The molecule has 3 rings (SSSR count). The molecule has 1 amide bonds. The van der Waals surface area contributed by atoms with E-state index in [2.05, 4.69) is 25.5 Å². The second-order valence-electron chi connectivity index (χ2n) is 6.60. The molecule has 0 saturated heterocycles. The lowest BCUT2D eigenvalue weighted by Gasteiger charge is -2.28. The minimum Gasteiger partial charge on any atom is -0.352 e. The number of carbonyl (C=O) groups excluding carboxylic acids is 1. The average Bonchev–Trinajstić information content (AvgIpc) is 3.28. The lowest BCUT2D eigenvalue weighted by molar-refractivity contribution is -0.138. The lowest BCUT2D eigenvalue weighted by Crippen LogP contribution is -2.42. The van der Waals surface area contributed by atoms with E-state index in [4.69, 9.17) is 0 Å². The monoisotopic (exact) mass is 437 g/mol. The van der Waals surface area contributed by atoms with Gasteiger partial charge in [-0.05, 0) is 18.6 Å². The maximum Gasteiger partial charge on any atom is 0.419 e. The first-order valence-corrected chi connectivity index (χ1v) is 9.27. The minimum atomic E-state index is -4.53. The Hall–Kier alpha value is -3.57. The molecule has 0 spiro atoms. The third-order valence-electron chi connectivity index (χ3n) is 4.65. The smallest absolute Gasteiger partial charge is 0.352 e. The summed E-state index contributed by atoms with van der Waals surface area (Å²) in [5.74, 6) is -1.33. The highest BCUT2D eigenvalue weighted by Gasteiger charge is 2.31. The van der Waals surface area contributed by atoms with Crippen molar-refractivity contribution in [3.05, 3.63) is 59.9 Å². The van der Waals surface area contributed by atoms with Crippen molar-refractivity contribution >= 4 is 11.9 Å². The van der Waals surface area contributed by atoms with Gasteiger partial charge in [0, 0.05) is 32.0 Å². The summed E-state index contributed by atoms with van der Waals surface area (Å²) in [6.07, 6.45) is 0.122. The van der Waals surface area contributed by atoms with Crippen LogP contribution in [0.3, 0.4) is 0 Å². The molecule has 164 valence electrons. The van der Waals surface area contributed by atoms with Gasteiger partial charge in [-0.15, -0.1) is 0 Å². The van der Waals surface area contributed by atoms with Gasteiger partial charge in [-0.2, -0.15) is 28.2 Å². The molecule has 2 aromatic heterocycles. The zero-order chi connectivity index (χ0) is 22.6. The molecule has 0 saturated carbocycles. The van der Waals surface area contributed by atoms with Crippen molar-refractivity contribution < 1.29 is 22.4 Å². The number of nitrogens with zero attached hydrogens (tertiary/aromatic N) is 6. The highest BCUT2D eigenvalue weighted by Crippen LogP contribution is 2.28. The Morgan fingerprint density at radius 2 is 1.84 bits per heavy atom. The summed E-state index contributed by atoms with van der Waals surface area (Å²) in [6, 6.07) is 3.73. The average molecular weight is 437 g/mol. The molecule has 0 aliphatic rings. The Kier molecular flexibility index (Phi) is 6.47. The second-order valence-corrected chi connectivity index (χ2v) is 6.60. The van der Waals surface area contributed by atoms with Gasteiger partial charge in [-0.25, -0.2) is 14.4 Å². The Morgan fingerprint density at radius 3 is 2.42 bits per heavy atom. The Labute approximate surface area is 174 Å². The second kappa shape index (κ2) is 9.06. The molecule has 8 nitrogen and oxygen atoms in total. The van der Waals surface area contributed by atoms with Gasteiger partial charge in [0.05, 0.1) is 18.0 Å². The molecule has 0 fully saturated rings. The fraction of sp³-hybridized carbons (Fsp3) is 0.316. The number of nitrogens with one attached hydrogen (secondary N) is 1. The van der Waals surface area contributed by atoms with Crippen LogP contribution in [0.1, 0.15) is 29.3 Å². The number of hydrogen-bond donors (Lipinski definition) is 1. The highest BCUT2D eigenvalue weighted by atomic mass is 19.4. The maximum absolute atomic E-state index is 14.6. The van der Waals surface area contributed by atoms with Crippen LogP contribution in [-0.2, 0) is 6.18 Å². The SMILES string of the molecule is CCC(CNc1ncc(C(F)(F)F)cn1)N(C)C(=O)c1c(F)cccc1-n1nccn1. The van der Waals surface area contributed by atoms with Crippen molar-refractivity contribution in [2.75, 3.05) is 18.9 Å². The quantitative estimate of drug-likeness (QED) is 0.572. The van der Waals surface area contributed by atoms with Crippen molar-refractivity contribution in [1.82, 2.24) is 29.9 Å². The summed E-state index contributed by atoms with van der Waals surface area (Å²) < 4.78 is 52.4. The van der Waals surface area contributed by atoms with Crippen LogP contribution in [0.15, 0.2) is 43.0 Å². The lowest BCUT2D eigenvalue weighted by atomic mass is 10.1. The van der Waals surface area contributed by atoms with Crippen LogP contribution in [0.25, 0.3) is 5.69 Å². The van der Waals surface area contributed by atoms with Crippen LogP contribution in [0.2, 0.25) is 0 Å². The van der Waals surface area contributed by atoms with E-state index in [1.54, 1.807) is 0 Å². The number of halogens is 4. The van der Waals surface area contributed by atoms with Gasteiger partial charge in [0.25, 0.3) is 5.91 Å². The molecule has 1 aromatic carbocycles. The molecule has 2 heterocycles. The summed E-state index contributed by atoms with van der Waals surface area (Å²) >= 11 is 0. The van der Waals surface area contributed by atoms with E-state index >= 15 is 0 Å². The van der Waals surface area contributed by atoms with Gasteiger partial charge in [-0.3, -0.25) is 4.79 Å². The first-order chi connectivity index (χ1) is 14.7. The summed E-state index contributed by atoms with van der Waals surface area (Å²) in [5.41, 5.74) is -0.960. The van der Waals surface area contributed by atoms with Gasteiger partial charge in [0.15, 0.2) is 0 Å². The van der Waals surface area contributed by atoms with Crippen molar-refractivity contribution in [1.29, 1.82) is 0 Å². The van der Waals surface area contributed by atoms with E-state index in [0.29, 0.717) is 18.8 Å². The molecule has 1 N–H and O–H groups in total. The van der Waals surface area contributed by atoms with E-state index in [-0.39, 0.29) is 23.7 Å². The van der Waals surface area contributed by atoms with Crippen molar-refractivity contribution in [3.63, 3.8) is 0 Å². The van der Waals surface area contributed by atoms with E-state index in [9.17, 15) is 22.4 Å². The molecule has 0 radical (unpaired) electrons. The van der Waals surface area contributed by atoms with Crippen molar-refractivity contribution in [3.8, 4) is 5.69 Å². The number of benzene rings is 1. The van der Waals surface area contributed by atoms with Gasteiger partial charge in [-0.1, -0.05) is 13.0 Å². The van der Waals surface area contributed by atoms with Gasteiger partial charge in [0.2, 0.25) is 5.95 Å². The maximum atomic E-state index is 14.6. The topological polar surface area (TPSA) is 88.8 Å². The Morgan fingerprint density at radius 1 is 1.19 bits per heavy atom. The first-order valence-electron chi connectivity index (χ1n) is 9.27. The number of anilines is 1. The molecule has 31 heavy (non-hydrogen) atoms. The number of hydrogen-bond acceptors (Lipinski definition) is 6. The number of alkyl halides is 3. The van der Waals surface area contributed by atoms with E-state index in [1.807, 2.05) is 6.92 Å². The van der Waals surface area contributed by atoms with Crippen LogP contribution < -0.4 is 5.32 Å². The number of aromatic nitrogens is 5. The summed E-state index contributed by atoms with van der Waals surface area (Å²) in [6.45, 7) is 1.97. The van der Waals surface area contributed by atoms with E-state index in [0.717, 1.165) is 4.80 Å². The van der Waals surface area contributed by atoms with Gasteiger partial charge < -0.3 is 10.2 Å². The molecule has 3 aromatic rings. The molecule has 0 aliphatic carbocycles. The zero-order valence-corrected chi connectivity index (χ0v) is 16.6. The minimum absolute atomic E-state index is 0.0142. The van der Waals surface area contributed by atoms with E-state index in [1.165, 1.54) is 42.5 Å². The van der Waals surface area contributed by atoms with Gasteiger partial charge >= 0.3 is 6.18 Å². The van der Waals surface area contributed by atoms with Crippen molar-refractivity contribution in [2.24, 2.45) is 0 Å². The van der Waals surface area contributed by atoms with E-state index < -0.39 is 29.5 Å². The molecule has 12 heteroatoms. The van der Waals surface area contributed by atoms with Crippen LogP contribution in [0, 0.1) is 5.82 Å².